The van der Waals surface area contributed by atoms with Gasteiger partial charge in [0.15, 0.2) is 0 Å². The highest BCUT2D eigenvalue weighted by Gasteiger charge is 2.24. The van der Waals surface area contributed by atoms with Gasteiger partial charge < -0.3 is 15.6 Å². The van der Waals surface area contributed by atoms with Crippen molar-refractivity contribution >= 4 is 22.5 Å². The molecule has 1 amide bonds. The number of hydrogen-bond donors (Lipinski definition) is 2. The van der Waals surface area contributed by atoms with E-state index in [9.17, 15) is 4.79 Å². The number of hydrogen-bond acceptors (Lipinski definition) is 3. The Labute approximate surface area is 140 Å². The Morgan fingerprint density at radius 3 is 2.79 bits per heavy atom. The number of rotatable bonds is 3. The third-order valence-electron chi connectivity index (χ3n) is 4.96. The lowest BCUT2D eigenvalue weighted by Gasteiger charge is -2.34. The average Bonchev–Trinajstić information content (AvgIpc) is 3.06. The van der Waals surface area contributed by atoms with Crippen LogP contribution in [0.25, 0.3) is 10.9 Å². The minimum Gasteiger partial charge on any atom is -0.371 e. The molecule has 1 saturated heterocycles. The smallest absolute Gasteiger partial charge is 0.252 e. The molecule has 24 heavy (non-hydrogen) atoms. The highest BCUT2D eigenvalue weighted by atomic mass is 16.1. The van der Waals surface area contributed by atoms with Gasteiger partial charge in [-0.1, -0.05) is 18.2 Å². The maximum Gasteiger partial charge on any atom is 0.252 e. The van der Waals surface area contributed by atoms with Gasteiger partial charge in [0, 0.05) is 42.6 Å². The van der Waals surface area contributed by atoms with Crippen LogP contribution in [-0.4, -0.2) is 29.0 Å². The molecule has 1 fully saturated rings. The Morgan fingerprint density at radius 2 is 2.00 bits per heavy atom. The standard InChI is InChI=1S/C19H20N4O/c20-19(24)16-11-21-8-5-18(16)23-9-6-13(7-10-23)15-12-22-17-4-2-1-3-14(15)17/h1-5,8,11-13,22H,6-7,9-10H2,(H2,20,24). The van der Waals surface area contributed by atoms with Crippen molar-refractivity contribution < 1.29 is 4.79 Å². The van der Waals surface area contributed by atoms with E-state index < -0.39 is 5.91 Å². The number of nitrogens with zero attached hydrogens (tertiary/aromatic N) is 2. The van der Waals surface area contributed by atoms with Gasteiger partial charge in [-0.15, -0.1) is 0 Å². The zero-order valence-electron chi connectivity index (χ0n) is 13.4. The summed E-state index contributed by atoms with van der Waals surface area (Å²) in [6.45, 7) is 1.82. The lowest BCUT2D eigenvalue weighted by Crippen LogP contribution is -2.34. The van der Waals surface area contributed by atoms with Crippen molar-refractivity contribution in [3.63, 3.8) is 0 Å². The third-order valence-corrected chi connectivity index (χ3v) is 4.96. The topological polar surface area (TPSA) is 75.0 Å². The maximum atomic E-state index is 11.6. The van der Waals surface area contributed by atoms with E-state index in [4.69, 9.17) is 5.73 Å². The number of pyridine rings is 1. The summed E-state index contributed by atoms with van der Waals surface area (Å²) in [4.78, 5) is 21.2. The van der Waals surface area contributed by atoms with Crippen LogP contribution < -0.4 is 10.6 Å². The fourth-order valence-electron chi connectivity index (χ4n) is 3.72. The second-order valence-corrected chi connectivity index (χ2v) is 6.31. The van der Waals surface area contributed by atoms with Crippen LogP contribution in [0.15, 0.2) is 48.9 Å². The summed E-state index contributed by atoms with van der Waals surface area (Å²) in [5, 5.41) is 1.32. The highest BCUT2D eigenvalue weighted by Crippen LogP contribution is 2.35. The van der Waals surface area contributed by atoms with Crippen molar-refractivity contribution in [2.24, 2.45) is 5.73 Å². The number of anilines is 1. The molecule has 0 saturated carbocycles. The minimum atomic E-state index is -0.420. The van der Waals surface area contributed by atoms with Crippen molar-refractivity contribution in [3.8, 4) is 0 Å². The summed E-state index contributed by atoms with van der Waals surface area (Å²) in [7, 11) is 0. The summed E-state index contributed by atoms with van der Waals surface area (Å²) in [5.41, 5.74) is 9.47. The summed E-state index contributed by atoms with van der Waals surface area (Å²) in [6, 6.07) is 10.3. The van der Waals surface area contributed by atoms with Crippen LogP contribution in [0.1, 0.15) is 34.7 Å². The molecule has 3 heterocycles. The van der Waals surface area contributed by atoms with Crippen LogP contribution in [0, 0.1) is 0 Å². The molecule has 5 heteroatoms. The number of carbonyl (C=O) groups excluding carboxylic acids is 1. The molecule has 1 aromatic carbocycles. The zero-order chi connectivity index (χ0) is 16.5. The number of fused-ring (bicyclic) bond motifs is 1. The van der Waals surface area contributed by atoms with E-state index >= 15 is 0 Å². The van der Waals surface area contributed by atoms with E-state index in [0.29, 0.717) is 11.5 Å². The number of primary amides is 1. The first-order chi connectivity index (χ1) is 11.7. The first-order valence-corrected chi connectivity index (χ1v) is 8.29. The average molecular weight is 320 g/mol. The Hall–Kier alpha value is -2.82. The van der Waals surface area contributed by atoms with Crippen LogP contribution in [0.5, 0.6) is 0 Å². The van der Waals surface area contributed by atoms with E-state index in [-0.39, 0.29) is 0 Å². The van der Waals surface area contributed by atoms with E-state index in [1.54, 1.807) is 12.4 Å². The molecule has 3 N–H and O–H groups in total. The Morgan fingerprint density at radius 1 is 1.21 bits per heavy atom. The third kappa shape index (κ3) is 2.52. The number of nitrogens with two attached hydrogens (primary N) is 1. The summed E-state index contributed by atoms with van der Waals surface area (Å²) in [5.74, 6) is 0.119. The van der Waals surface area contributed by atoms with Gasteiger partial charge in [-0.2, -0.15) is 0 Å². The van der Waals surface area contributed by atoms with Crippen LogP contribution in [0.2, 0.25) is 0 Å². The lowest BCUT2D eigenvalue weighted by molar-refractivity contribution is 0.100. The molecule has 0 atom stereocenters. The van der Waals surface area contributed by atoms with Crippen molar-refractivity contribution in [1.82, 2.24) is 9.97 Å². The number of para-hydroxylation sites is 1. The highest BCUT2D eigenvalue weighted by molar-refractivity contribution is 5.98. The summed E-state index contributed by atoms with van der Waals surface area (Å²) >= 11 is 0. The number of carbonyl (C=O) groups is 1. The molecule has 5 nitrogen and oxygen atoms in total. The Kier molecular flexibility index (Phi) is 3.69. The van der Waals surface area contributed by atoms with E-state index in [1.165, 1.54) is 16.5 Å². The number of aromatic nitrogens is 2. The number of nitrogens with one attached hydrogen (secondary N) is 1. The number of aromatic amines is 1. The van der Waals surface area contributed by atoms with Crippen LogP contribution >= 0.6 is 0 Å². The number of benzene rings is 1. The fourth-order valence-corrected chi connectivity index (χ4v) is 3.72. The van der Waals surface area contributed by atoms with Crippen LogP contribution in [-0.2, 0) is 0 Å². The van der Waals surface area contributed by atoms with Gasteiger partial charge in [0.2, 0.25) is 0 Å². The monoisotopic (exact) mass is 320 g/mol. The van der Waals surface area contributed by atoms with Gasteiger partial charge in [0.1, 0.15) is 0 Å². The molecule has 0 unspecified atom stereocenters. The molecule has 4 rings (SSSR count). The van der Waals surface area contributed by atoms with Gasteiger partial charge in [-0.3, -0.25) is 9.78 Å². The SMILES string of the molecule is NC(=O)c1cnccc1N1CCC(c2c[nH]c3ccccc23)CC1. The van der Waals surface area contributed by atoms with Gasteiger partial charge >= 0.3 is 0 Å². The molecular weight excluding hydrogens is 300 g/mol. The molecule has 0 radical (unpaired) electrons. The van der Waals surface area contributed by atoms with Gasteiger partial charge in [-0.05, 0) is 36.5 Å². The molecular formula is C19H20N4O. The Bertz CT molecular complexity index is 878. The quantitative estimate of drug-likeness (QED) is 0.779. The number of piperidine rings is 1. The molecule has 0 bridgehead atoms. The molecule has 1 aliphatic rings. The Balaban J connectivity index is 1.54. The predicted molar refractivity (Wildman–Crippen MR) is 95.2 cm³/mol. The zero-order valence-corrected chi connectivity index (χ0v) is 13.4. The van der Waals surface area contributed by atoms with Gasteiger partial charge in [-0.25, -0.2) is 0 Å². The lowest BCUT2D eigenvalue weighted by atomic mass is 9.89. The molecule has 0 spiro atoms. The largest absolute Gasteiger partial charge is 0.371 e. The second kappa shape index (κ2) is 6.00. The molecule has 122 valence electrons. The van der Waals surface area contributed by atoms with Crippen LogP contribution in [0.4, 0.5) is 5.69 Å². The summed E-state index contributed by atoms with van der Waals surface area (Å²) in [6.07, 6.45) is 7.54. The van der Waals surface area contributed by atoms with Crippen LogP contribution in [0.3, 0.4) is 0 Å². The fraction of sp³-hybridized carbons (Fsp3) is 0.263. The second-order valence-electron chi connectivity index (χ2n) is 6.31. The van der Waals surface area contributed by atoms with Gasteiger partial charge in [0.05, 0.1) is 11.3 Å². The molecule has 1 aliphatic heterocycles. The van der Waals surface area contributed by atoms with Gasteiger partial charge in [0.25, 0.3) is 5.91 Å². The first-order valence-electron chi connectivity index (χ1n) is 8.29. The molecule has 0 aliphatic carbocycles. The minimum absolute atomic E-state index is 0.420. The van der Waals surface area contributed by atoms with Crippen molar-refractivity contribution in [3.05, 3.63) is 60.0 Å². The van der Waals surface area contributed by atoms with Crippen molar-refractivity contribution in [2.45, 2.75) is 18.8 Å². The normalized spacial score (nSPS) is 15.8. The molecule has 3 aromatic rings. The van der Waals surface area contributed by atoms with Crippen molar-refractivity contribution in [2.75, 3.05) is 18.0 Å². The maximum absolute atomic E-state index is 11.6. The van der Waals surface area contributed by atoms with E-state index in [0.717, 1.165) is 31.6 Å². The number of H-pyrrole nitrogens is 1. The van der Waals surface area contributed by atoms with Crippen molar-refractivity contribution in [1.29, 1.82) is 0 Å². The molecule has 2 aromatic heterocycles. The van der Waals surface area contributed by atoms with E-state index in [2.05, 4.69) is 45.3 Å². The predicted octanol–water partition coefficient (Wildman–Crippen LogP) is 3.05. The number of amides is 1. The van der Waals surface area contributed by atoms with E-state index in [1.807, 2.05) is 6.07 Å². The summed E-state index contributed by atoms with van der Waals surface area (Å²) < 4.78 is 0. The first kappa shape index (κ1) is 14.8.